The largest absolute Gasteiger partial charge is 0.508 e. The molecule has 0 bridgehead atoms. The first kappa shape index (κ1) is 53.3. The lowest BCUT2D eigenvalue weighted by Gasteiger charge is -2.02. The summed E-state index contributed by atoms with van der Waals surface area (Å²) in [6.45, 7) is 6.74. The molecule has 3 N–H and O–H groups in total. The summed E-state index contributed by atoms with van der Waals surface area (Å²) in [6, 6.07) is 22.7. The van der Waals surface area contributed by atoms with E-state index in [1.165, 1.54) is 132 Å². The van der Waals surface area contributed by atoms with E-state index in [1.807, 2.05) is 61.4 Å². The van der Waals surface area contributed by atoms with Crippen LogP contribution in [0.3, 0.4) is 0 Å². The molecule has 0 aromatic heterocycles. The van der Waals surface area contributed by atoms with E-state index < -0.39 is 0 Å². The van der Waals surface area contributed by atoms with Crippen molar-refractivity contribution in [2.75, 3.05) is 25.0 Å². The number of hydrogen-bond donors (Lipinski definition) is 3. The van der Waals surface area contributed by atoms with Gasteiger partial charge < -0.3 is 15.3 Å². The van der Waals surface area contributed by atoms with E-state index in [1.54, 1.807) is 36.4 Å². The lowest BCUT2D eigenvalue weighted by Crippen LogP contribution is -1.85. The molecule has 0 unspecified atom stereocenters. The van der Waals surface area contributed by atoms with Gasteiger partial charge in [-0.15, -0.1) is 18.9 Å². The van der Waals surface area contributed by atoms with E-state index in [9.17, 15) is 0 Å². The van der Waals surface area contributed by atoms with Crippen molar-refractivity contribution in [1.29, 1.82) is 0 Å². The van der Waals surface area contributed by atoms with Crippen LogP contribution >= 0.6 is 0 Å². The van der Waals surface area contributed by atoms with Crippen LogP contribution in [-0.4, -0.2) is 40.3 Å². The average Bonchev–Trinajstić information content (AvgIpc) is 3.12. The maximum atomic E-state index is 9.13. The van der Waals surface area contributed by atoms with Gasteiger partial charge in [-0.05, 0) is 117 Å². The van der Waals surface area contributed by atoms with E-state index in [4.69, 9.17) is 15.3 Å². The first-order chi connectivity index (χ1) is 25.4. The van der Waals surface area contributed by atoms with Crippen molar-refractivity contribution in [2.45, 2.75) is 156 Å². The number of phenols is 3. The SMILES string of the molecule is CCCCCCCCc1ccc(O)cc1.CCCCCCCCc1ccc(O)cc1.CCCCCCCCc1ccc(O)cc1.CS(C)=S.CS(C)=S. The smallest absolute Gasteiger partial charge is 0.115 e. The summed E-state index contributed by atoms with van der Waals surface area (Å²) in [7, 11) is 0.444. The molecule has 0 fully saturated rings. The van der Waals surface area contributed by atoms with Crippen molar-refractivity contribution in [3.05, 3.63) is 89.5 Å². The number of aromatic hydroxyl groups is 3. The Morgan fingerprint density at radius 1 is 0.340 bits per heavy atom. The van der Waals surface area contributed by atoms with Crippen LogP contribution in [0.15, 0.2) is 72.8 Å². The van der Waals surface area contributed by atoms with E-state index in [-0.39, 0.29) is 18.9 Å². The Bertz CT molecular complexity index is 1070. The third-order valence-corrected chi connectivity index (χ3v) is 8.27. The first-order valence-corrected chi connectivity index (χ1v) is 26.2. The molecule has 0 atom stereocenters. The molecule has 7 heteroatoms. The number of unbranched alkanes of at least 4 members (excludes halogenated alkanes) is 15. The van der Waals surface area contributed by atoms with Gasteiger partial charge in [0, 0.05) is 0 Å². The van der Waals surface area contributed by atoms with Gasteiger partial charge in [-0.2, -0.15) is 0 Å². The van der Waals surface area contributed by atoms with Gasteiger partial charge in [-0.3, -0.25) is 0 Å². The Kier molecular flexibility index (Phi) is 40.1. The molecule has 0 aliphatic heterocycles. The topological polar surface area (TPSA) is 60.7 Å². The summed E-state index contributed by atoms with van der Waals surface area (Å²) in [5.74, 6) is 1.09. The summed E-state index contributed by atoms with van der Waals surface area (Å²) < 4.78 is 0. The van der Waals surface area contributed by atoms with E-state index >= 15 is 0 Å². The monoisotopic (exact) mass is 806 g/mol. The van der Waals surface area contributed by atoms with Crippen LogP contribution in [0.5, 0.6) is 17.2 Å². The summed E-state index contributed by atoms with van der Waals surface area (Å²) in [6.07, 6.45) is 35.6. The van der Waals surface area contributed by atoms with Crippen molar-refractivity contribution < 1.29 is 15.3 Å². The fraction of sp³-hybridized carbons (Fsp3) is 0.609. The van der Waals surface area contributed by atoms with Crippen molar-refractivity contribution in [3.63, 3.8) is 0 Å². The van der Waals surface area contributed by atoms with Crippen LogP contribution < -0.4 is 0 Å². The zero-order valence-electron chi connectivity index (χ0n) is 34.8. The fourth-order valence-electron chi connectivity index (χ4n) is 5.32. The molecule has 0 saturated heterocycles. The Hall–Kier alpha value is -1.80. The standard InChI is InChI=1S/3C14H22O.2C2H6S2/c3*1-2-3-4-5-6-7-8-13-9-11-14(15)12-10-13;2*1-4(2)3/h3*9-12,15H,2-8H2,1H3;2*1-2H3. The van der Waals surface area contributed by atoms with Crippen molar-refractivity contribution >= 4 is 41.3 Å². The zero-order valence-corrected chi connectivity index (χ0v) is 38.0. The van der Waals surface area contributed by atoms with Crippen LogP contribution in [0.1, 0.15) is 153 Å². The predicted octanol–water partition coefficient (Wildman–Crippen LogP) is 13.5. The Balaban J connectivity index is 0. The van der Waals surface area contributed by atoms with Gasteiger partial charge in [0.25, 0.3) is 0 Å². The van der Waals surface area contributed by atoms with E-state index in [2.05, 4.69) is 43.1 Å². The highest BCUT2D eigenvalue weighted by atomic mass is 32.8. The van der Waals surface area contributed by atoms with Crippen LogP contribution in [-0.2, 0) is 60.5 Å². The van der Waals surface area contributed by atoms with Gasteiger partial charge in [0.15, 0.2) is 0 Å². The highest BCUT2D eigenvalue weighted by molar-refractivity contribution is 8.28. The molecular weight excluding hydrogens is 729 g/mol. The molecule has 3 aromatic carbocycles. The molecule has 3 nitrogen and oxygen atoms in total. The second-order valence-corrected chi connectivity index (χ2v) is 21.0. The minimum atomic E-state index is 0.222. The number of hydrogen-bond acceptors (Lipinski definition) is 5. The lowest BCUT2D eigenvalue weighted by atomic mass is 10.1. The van der Waals surface area contributed by atoms with Gasteiger partial charge in [-0.1, -0.05) is 176 Å². The summed E-state index contributed by atoms with van der Waals surface area (Å²) in [5.41, 5.74) is 4.01. The molecule has 0 aliphatic rings. The zero-order chi connectivity index (χ0) is 40.0. The highest BCUT2D eigenvalue weighted by Crippen LogP contribution is 2.16. The molecule has 53 heavy (non-hydrogen) atoms. The quantitative estimate of drug-likeness (QED) is 0.0936. The Morgan fingerprint density at radius 2 is 0.509 bits per heavy atom. The number of aryl methyl sites for hydroxylation is 3. The Labute approximate surface area is 342 Å². The third-order valence-electron chi connectivity index (χ3n) is 8.27. The van der Waals surface area contributed by atoms with Crippen molar-refractivity contribution in [2.24, 2.45) is 0 Å². The summed E-state index contributed by atoms with van der Waals surface area (Å²) in [4.78, 5) is 0. The highest BCUT2D eigenvalue weighted by Gasteiger charge is 1.97. The summed E-state index contributed by atoms with van der Waals surface area (Å²) in [5, 5.41) is 27.4. The van der Waals surface area contributed by atoms with Crippen LogP contribution in [0, 0.1) is 0 Å². The predicted molar refractivity (Wildman–Crippen MR) is 249 cm³/mol. The van der Waals surface area contributed by atoms with Crippen molar-refractivity contribution in [1.82, 2.24) is 0 Å². The minimum Gasteiger partial charge on any atom is -0.508 e. The maximum Gasteiger partial charge on any atom is 0.115 e. The molecule has 0 aliphatic carbocycles. The van der Waals surface area contributed by atoms with Crippen molar-refractivity contribution in [3.8, 4) is 17.2 Å². The van der Waals surface area contributed by atoms with Gasteiger partial charge >= 0.3 is 0 Å². The summed E-state index contributed by atoms with van der Waals surface area (Å²) >= 11 is 9.30. The number of rotatable bonds is 21. The molecular formula is C46H78O3S4. The lowest BCUT2D eigenvalue weighted by molar-refractivity contribution is 0.474. The minimum absolute atomic E-state index is 0.222. The van der Waals surface area contributed by atoms with Gasteiger partial charge in [0.05, 0.1) is 0 Å². The number of phenolic OH excluding ortho intramolecular Hbond substituents is 3. The third kappa shape index (κ3) is 42.8. The average molecular weight is 807 g/mol. The molecule has 3 aromatic rings. The van der Waals surface area contributed by atoms with E-state index in [0.29, 0.717) is 17.2 Å². The van der Waals surface area contributed by atoms with Gasteiger partial charge in [0.1, 0.15) is 17.2 Å². The Morgan fingerprint density at radius 3 is 0.698 bits per heavy atom. The molecule has 3 rings (SSSR count). The number of benzene rings is 3. The van der Waals surface area contributed by atoms with Gasteiger partial charge in [-0.25, -0.2) is 0 Å². The molecule has 0 saturated carbocycles. The van der Waals surface area contributed by atoms with Gasteiger partial charge in [0.2, 0.25) is 0 Å². The molecule has 0 amide bonds. The second kappa shape index (κ2) is 39.9. The maximum absolute atomic E-state index is 9.13. The van der Waals surface area contributed by atoms with Crippen LogP contribution in [0.4, 0.5) is 0 Å². The first-order valence-electron chi connectivity index (χ1n) is 20.3. The fourth-order valence-corrected chi connectivity index (χ4v) is 5.32. The normalized spacial score (nSPS) is 10.2. The molecule has 0 heterocycles. The van der Waals surface area contributed by atoms with Crippen LogP contribution in [0.25, 0.3) is 0 Å². The molecule has 0 radical (unpaired) electrons. The van der Waals surface area contributed by atoms with E-state index in [0.717, 1.165) is 19.3 Å². The molecule has 0 spiro atoms. The second-order valence-electron chi connectivity index (χ2n) is 14.0. The molecule has 304 valence electrons. The van der Waals surface area contributed by atoms with Crippen LogP contribution in [0.2, 0.25) is 0 Å².